The molecule has 352 valence electrons. The molecule has 3 N–H and O–H groups in total. The van der Waals surface area contributed by atoms with E-state index in [-0.39, 0.29) is 24.9 Å². The van der Waals surface area contributed by atoms with Crippen LogP contribution in [0.15, 0.2) is 0 Å². The number of aliphatic hydroxyl groups is 2. The van der Waals surface area contributed by atoms with Gasteiger partial charge in [0, 0.05) is 6.42 Å². The van der Waals surface area contributed by atoms with Gasteiger partial charge in [-0.1, -0.05) is 265 Å². The number of unbranched alkanes of at least 4 members (excludes halogenated alkanes) is 37. The molecule has 0 radical (unpaired) electrons. The van der Waals surface area contributed by atoms with Crippen molar-refractivity contribution in [2.45, 2.75) is 322 Å². The molecular weight excluding hydrogens is 731 g/mol. The first-order valence-corrected chi connectivity index (χ1v) is 26.8. The predicted molar refractivity (Wildman–Crippen MR) is 255 cm³/mol. The number of amides is 1. The molecule has 0 aliphatic rings. The van der Waals surface area contributed by atoms with Crippen LogP contribution in [0, 0.1) is 0 Å². The molecule has 0 saturated heterocycles. The Morgan fingerprint density at radius 2 is 0.712 bits per heavy atom. The van der Waals surface area contributed by atoms with E-state index in [1.807, 2.05) is 0 Å². The van der Waals surface area contributed by atoms with Crippen LogP contribution in [0.3, 0.4) is 0 Å². The smallest absolute Gasteiger partial charge is 0.306 e. The highest BCUT2D eigenvalue weighted by molar-refractivity contribution is 5.77. The number of aliphatic hydroxyl groups excluding tert-OH is 2. The fourth-order valence-electron chi connectivity index (χ4n) is 8.61. The third-order valence-electron chi connectivity index (χ3n) is 12.7. The molecule has 0 aliphatic carbocycles. The summed E-state index contributed by atoms with van der Waals surface area (Å²) in [5.74, 6) is -0.449. The SMILES string of the molecule is CCCCCCCCCCCCCCCCCCC(=O)OC(CCCCCCCCCCCCCC)CC(=O)NC(CO)C(O)CCCCCCCCCCCCCC. The van der Waals surface area contributed by atoms with Crippen LogP contribution in [-0.2, 0) is 14.3 Å². The third-order valence-corrected chi connectivity index (χ3v) is 12.7. The Bertz CT molecular complexity index is 852. The fraction of sp³-hybridized carbons (Fsp3) is 0.962. The summed E-state index contributed by atoms with van der Waals surface area (Å²) in [4.78, 5) is 26.1. The molecule has 0 aromatic rings. The summed E-state index contributed by atoms with van der Waals surface area (Å²) in [6.07, 6.45) is 51.6. The molecule has 1 amide bonds. The van der Waals surface area contributed by atoms with Crippen molar-refractivity contribution in [1.82, 2.24) is 5.32 Å². The summed E-state index contributed by atoms with van der Waals surface area (Å²) < 4.78 is 5.94. The molecule has 3 unspecified atom stereocenters. The van der Waals surface area contributed by atoms with Crippen molar-refractivity contribution in [1.29, 1.82) is 0 Å². The number of esters is 1. The summed E-state index contributed by atoms with van der Waals surface area (Å²) in [5, 5.41) is 23.8. The van der Waals surface area contributed by atoms with E-state index >= 15 is 0 Å². The molecule has 0 rings (SSSR count). The Morgan fingerprint density at radius 3 is 1.03 bits per heavy atom. The van der Waals surface area contributed by atoms with Crippen LogP contribution in [0.5, 0.6) is 0 Å². The van der Waals surface area contributed by atoms with Gasteiger partial charge in [-0.25, -0.2) is 0 Å². The molecule has 0 fully saturated rings. The average Bonchev–Trinajstić information content (AvgIpc) is 3.23. The number of hydrogen-bond acceptors (Lipinski definition) is 5. The van der Waals surface area contributed by atoms with Crippen LogP contribution >= 0.6 is 0 Å². The zero-order chi connectivity index (χ0) is 43.1. The third kappa shape index (κ3) is 43.3. The van der Waals surface area contributed by atoms with E-state index in [0.29, 0.717) is 19.3 Å². The molecule has 0 aliphatic heterocycles. The Labute approximate surface area is 368 Å². The predicted octanol–water partition coefficient (Wildman–Crippen LogP) is 16.0. The van der Waals surface area contributed by atoms with Gasteiger partial charge in [-0.3, -0.25) is 9.59 Å². The number of hydrogen-bond donors (Lipinski definition) is 3. The van der Waals surface area contributed by atoms with Crippen molar-refractivity contribution < 1.29 is 24.5 Å². The van der Waals surface area contributed by atoms with E-state index in [4.69, 9.17) is 4.74 Å². The number of carbonyl (C=O) groups excluding carboxylic acids is 2. The number of carbonyl (C=O) groups is 2. The maximum Gasteiger partial charge on any atom is 0.306 e. The molecule has 59 heavy (non-hydrogen) atoms. The highest BCUT2D eigenvalue weighted by atomic mass is 16.5. The van der Waals surface area contributed by atoms with Gasteiger partial charge in [0.05, 0.1) is 25.2 Å². The second-order valence-electron chi connectivity index (χ2n) is 18.6. The van der Waals surface area contributed by atoms with E-state index in [1.165, 1.54) is 218 Å². The largest absolute Gasteiger partial charge is 0.462 e. The fourth-order valence-corrected chi connectivity index (χ4v) is 8.61. The Balaban J connectivity index is 4.47. The molecular formula is C53H105NO5. The van der Waals surface area contributed by atoms with Gasteiger partial charge in [0.2, 0.25) is 5.91 Å². The van der Waals surface area contributed by atoms with E-state index in [2.05, 4.69) is 26.1 Å². The first kappa shape index (κ1) is 57.9. The summed E-state index contributed by atoms with van der Waals surface area (Å²) in [6, 6.07) is -0.691. The minimum absolute atomic E-state index is 0.0879. The molecule has 6 heteroatoms. The highest BCUT2D eigenvalue weighted by Crippen LogP contribution is 2.19. The number of rotatable bonds is 49. The Kier molecular flexibility index (Phi) is 47.0. The van der Waals surface area contributed by atoms with Crippen molar-refractivity contribution in [3.8, 4) is 0 Å². The minimum atomic E-state index is -0.778. The Hall–Kier alpha value is -1.14. The van der Waals surface area contributed by atoms with Gasteiger partial charge in [-0.15, -0.1) is 0 Å². The normalized spacial score (nSPS) is 13.1. The highest BCUT2D eigenvalue weighted by Gasteiger charge is 2.24. The quantitative estimate of drug-likeness (QED) is 0.0419. The summed E-state index contributed by atoms with van der Waals surface area (Å²) in [5.41, 5.74) is 0. The van der Waals surface area contributed by atoms with Crippen LogP contribution in [0.25, 0.3) is 0 Å². The molecule has 3 atom stereocenters. The van der Waals surface area contributed by atoms with E-state index in [0.717, 1.165) is 38.5 Å². The maximum atomic E-state index is 13.2. The van der Waals surface area contributed by atoms with Gasteiger partial charge in [0.25, 0.3) is 0 Å². The van der Waals surface area contributed by atoms with Crippen molar-refractivity contribution in [3.05, 3.63) is 0 Å². The number of ether oxygens (including phenoxy) is 1. The Morgan fingerprint density at radius 1 is 0.424 bits per heavy atom. The van der Waals surface area contributed by atoms with Gasteiger partial charge in [0.1, 0.15) is 6.10 Å². The van der Waals surface area contributed by atoms with Gasteiger partial charge >= 0.3 is 5.97 Å². The van der Waals surface area contributed by atoms with Crippen molar-refractivity contribution in [2.75, 3.05) is 6.61 Å². The van der Waals surface area contributed by atoms with E-state index in [9.17, 15) is 19.8 Å². The summed E-state index contributed by atoms with van der Waals surface area (Å²) in [6.45, 7) is 6.51. The van der Waals surface area contributed by atoms with Gasteiger partial charge in [-0.05, 0) is 25.7 Å². The van der Waals surface area contributed by atoms with Crippen LogP contribution in [0.4, 0.5) is 0 Å². The van der Waals surface area contributed by atoms with Crippen LogP contribution < -0.4 is 5.32 Å². The second-order valence-corrected chi connectivity index (χ2v) is 18.6. The maximum absolute atomic E-state index is 13.2. The van der Waals surface area contributed by atoms with Crippen LogP contribution in [-0.4, -0.2) is 46.9 Å². The monoisotopic (exact) mass is 836 g/mol. The minimum Gasteiger partial charge on any atom is -0.462 e. The number of nitrogens with one attached hydrogen (secondary N) is 1. The topological polar surface area (TPSA) is 95.9 Å². The molecule has 0 aromatic heterocycles. The van der Waals surface area contributed by atoms with Crippen molar-refractivity contribution in [3.63, 3.8) is 0 Å². The summed E-state index contributed by atoms with van der Waals surface area (Å²) >= 11 is 0. The first-order chi connectivity index (χ1) is 29.0. The first-order valence-electron chi connectivity index (χ1n) is 26.8. The molecule has 0 saturated carbocycles. The van der Waals surface area contributed by atoms with Crippen LogP contribution in [0.2, 0.25) is 0 Å². The standard InChI is InChI=1S/C53H105NO5/c1-4-7-10-13-16-19-22-25-26-27-28-31-34-37-40-43-46-53(58)59-49(44-41-38-35-32-29-23-20-17-14-11-8-5-2)47-52(57)54-50(48-55)51(56)45-42-39-36-33-30-24-21-18-15-12-9-6-3/h49-51,55-56H,4-48H2,1-3H3,(H,54,57). The van der Waals surface area contributed by atoms with Crippen molar-refractivity contribution >= 4 is 11.9 Å². The molecule has 0 aromatic carbocycles. The molecule has 0 heterocycles. The van der Waals surface area contributed by atoms with Gasteiger partial charge in [0.15, 0.2) is 0 Å². The lowest BCUT2D eigenvalue weighted by atomic mass is 10.0. The zero-order valence-corrected chi connectivity index (χ0v) is 40.2. The summed E-state index contributed by atoms with van der Waals surface area (Å²) in [7, 11) is 0. The van der Waals surface area contributed by atoms with Gasteiger partial charge in [-0.2, -0.15) is 0 Å². The van der Waals surface area contributed by atoms with Gasteiger partial charge < -0.3 is 20.3 Å². The molecule has 0 bridgehead atoms. The lowest BCUT2D eigenvalue weighted by Gasteiger charge is -2.24. The molecule has 0 spiro atoms. The average molecular weight is 836 g/mol. The lowest BCUT2D eigenvalue weighted by molar-refractivity contribution is -0.151. The van der Waals surface area contributed by atoms with Crippen molar-refractivity contribution in [2.24, 2.45) is 0 Å². The van der Waals surface area contributed by atoms with E-state index < -0.39 is 18.2 Å². The van der Waals surface area contributed by atoms with Crippen LogP contribution in [0.1, 0.15) is 303 Å². The lowest BCUT2D eigenvalue weighted by Crippen LogP contribution is -2.46. The second kappa shape index (κ2) is 47.9. The van der Waals surface area contributed by atoms with E-state index in [1.54, 1.807) is 0 Å². The molecule has 6 nitrogen and oxygen atoms in total. The zero-order valence-electron chi connectivity index (χ0n) is 40.2.